The number of piperazine rings is 1. The Kier molecular flexibility index (Phi) is 3.33. The van der Waals surface area contributed by atoms with Crippen LogP contribution in [-0.2, 0) is 4.79 Å². The average Bonchev–Trinajstić information content (AvgIpc) is 2.33. The van der Waals surface area contributed by atoms with E-state index in [1.807, 2.05) is 0 Å². The van der Waals surface area contributed by atoms with Crippen molar-refractivity contribution in [2.45, 2.75) is 13.0 Å². The number of nitrogens with one attached hydrogen (secondary N) is 1. The summed E-state index contributed by atoms with van der Waals surface area (Å²) in [5.74, 6) is 0.280. The van der Waals surface area contributed by atoms with Gasteiger partial charge in [0.15, 0.2) is 0 Å². The number of rotatable bonds is 2. The van der Waals surface area contributed by atoms with E-state index in [1.165, 1.54) is 6.07 Å². The molecule has 1 atom stereocenters. The normalized spacial score (nSPS) is 19.6. The Hall–Kier alpha value is -1.89. The highest BCUT2D eigenvalue weighted by Gasteiger charge is 2.28. The molecule has 1 aliphatic rings. The average molecular weight is 271 g/mol. The van der Waals surface area contributed by atoms with Crippen molar-refractivity contribution < 1.29 is 9.72 Å². The second kappa shape index (κ2) is 4.77. The molecule has 18 heavy (non-hydrogen) atoms. The SMILES string of the molecule is CC1C(=O)NCCN1c1ncc([N+](=O)[O-])cc1Cl. The Bertz CT molecular complexity index is 508. The molecular formula is C10H11ClN4O3. The lowest BCUT2D eigenvalue weighted by Gasteiger charge is -2.34. The van der Waals surface area contributed by atoms with Crippen molar-refractivity contribution in [3.8, 4) is 0 Å². The first-order valence-electron chi connectivity index (χ1n) is 5.35. The van der Waals surface area contributed by atoms with Crippen LogP contribution in [0.4, 0.5) is 11.5 Å². The number of nitrogens with zero attached hydrogens (tertiary/aromatic N) is 3. The fraction of sp³-hybridized carbons (Fsp3) is 0.400. The van der Waals surface area contributed by atoms with Crippen molar-refractivity contribution in [2.24, 2.45) is 0 Å². The van der Waals surface area contributed by atoms with Crippen LogP contribution in [-0.4, -0.2) is 34.9 Å². The number of nitro groups is 1. The summed E-state index contributed by atoms with van der Waals surface area (Å²) in [5, 5.41) is 13.5. The van der Waals surface area contributed by atoms with Crippen molar-refractivity contribution in [3.63, 3.8) is 0 Å². The number of pyridine rings is 1. The summed E-state index contributed by atoms with van der Waals surface area (Å²) < 4.78 is 0. The van der Waals surface area contributed by atoms with E-state index < -0.39 is 11.0 Å². The summed E-state index contributed by atoms with van der Waals surface area (Å²) in [6.45, 7) is 2.80. The van der Waals surface area contributed by atoms with Crippen LogP contribution in [0.2, 0.25) is 5.02 Å². The maximum Gasteiger partial charge on any atom is 0.289 e. The van der Waals surface area contributed by atoms with Crippen LogP contribution in [0.25, 0.3) is 0 Å². The summed E-state index contributed by atoms with van der Waals surface area (Å²) in [4.78, 5) is 27.3. The topological polar surface area (TPSA) is 88.4 Å². The van der Waals surface area contributed by atoms with E-state index >= 15 is 0 Å². The van der Waals surface area contributed by atoms with Gasteiger partial charge in [-0.2, -0.15) is 0 Å². The van der Waals surface area contributed by atoms with Crippen molar-refractivity contribution in [3.05, 3.63) is 27.4 Å². The number of carbonyl (C=O) groups excluding carboxylic acids is 1. The molecule has 0 saturated carbocycles. The molecule has 0 bridgehead atoms. The molecule has 1 aromatic heterocycles. The zero-order chi connectivity index (χ0) is 13.3. The molecule has 1 aromatic rings. The molecule has 0 aromatic carbocycles. The van der Waals surface area contributed by atoms with Gasteiger partial charge >= 0.3 is 0 Å². The van der Waals surface area contributed by atoms with Gasteiger partial charge in [0, 0.05) is 19.2 Å². The lowest BCUT2D eigenvalue weighted by molar-refractivity contribution is -0.385. The molecule has 1 unspecified atom stereocenters. The molecule has 1 N–H and O–H groups in total. The molecule has 7 nitrogen and oxygen atoms in total. The molecule has 1 amide bonds. The third kappa shape index (κ3) is 2.21. The molecule has 8 heteroatoms. The summed E-state index contributed by atoms with van der Waals surface area (Å²) in [7, 11) is 0. The van der Waals surface area contributed by atoms with Crippen LogP contribution in [0.5, 0.6) is 0 Å². The van der Waals surface area contributed by atoms with Crippen LogP contribution in [0.1, 0.15) is 6.92 Å². The molecule has 0 radical (unpaired) electrons. The van der Waals surface area contributed by atoms with Gasteiger partial charge in [-0.05, 0) is 6.92 Å². The van der Waals surface area contributed by atoms with E-state index in [9.17, 15) is 14.9 Å². The lowest BCUT2D eigenvalue weighted by atomic mass is 10.2. The van der Waals surface area contributed by atoms with Crippen molar-refractivity contribution >= 4 is 29.0 Å². The Morgan fingerprint density at radius 2 is 2.39 bits per heavy atom. The van der Waals surface area contributed by atoms with Gasteiger partial charge in [0.25, 0.3) is 5.69 Å². The van der Waals surface area contributed by atoms with Gasteiger partial charge in [-0.1, -0.05) is 11.6 Å². The first kappa shape index (κ1) is 12.6. The fourth-order valence-electron chi connectivity index (χ4n) is 1.80. The first-order valence-corrected chi connectivity index (χ1v) is 5.73. The zero-order valence-electron chi connectivity index (χ0n) is 9.59. The summed E-state index contributed by atoms with van der Waals surface area (Å²) in [5.41, 5.74) is -0.169. The van der Waals surface area contributed by atoms with Crippen LogP contribution in [0.15, 0.2) is 12.3 Å². The third-order valence-corrected chi connectivity index (χ3v) is 3.07. The predicted octanol–water partition coefficient (Wildman–Crippen LogP) is 0.968. The molecular weight excluding hydrogens is 260 g/mol. The van der Waals surface area contributed by atoms with E-state index in [-0.39, 0.29) is 16.6 Å². The predicted molar refractivity (Wildman–Crippen MR) is 65.7 cm³/mol. The Morgan fingerprint density at radius 1 is 1.67 bits per heavy atom. The number of hydrogen-bond acceptors (Lipinski definition) is 5. The van der Waals surface area contributed by atoms with E-state index in [0.29, 0.717) is 18.9 Å². The maximum atomic E-state index is 11.5. The molecule has 2 rings (SSSR count). The second-order valence-electron chi connectivity index (χ2n) is 3.92. The monoisotopic (exact) mass is 270 g/mol. The highest BCUT2D eigenvalue weighted by molar-refractivity contribution is 6.33. The lowest BCUT2D eigenvalue weighted by Crippen LogP contribution is -2.54. The smallest absolute Gasteiger partial charge is 0.289 e. The van der Waals surface area contributed by atoms with Gasteiger partial charge in [0.1, 0.15) is 18.1 Å². The molecule has 96 valence electrons. The van der Waals surface area contributed by atoms with Crippen molar-refractivity contribution in [1.82, 2.24) is 10.3 Å². The molecule has 0 spiro atoms. The number of hydrogen-bond donors (Lipinski definition) is 1. The minimum Gasteiger partial charge on any atom is -0.353 e. The summed E-state index contributed by atoms with van der Waals surface area (Å²) >= 11 is 5.98. The van der Waals surface area contributed by atoms with Gasteiger partial charge in [-0.15, -0.1) is 0 Å². The highest BCUT2D eigenvalue weighted by atomic mass is 35.5. The number of amides is 1. The van der Waals surface area contributed by atoms with E-state index in [2.05, 4.69) is 10.3 Å². The number of anilines is 1. The minimum atomic E-state index is -0.561. The largest absolute Gasteiger partial charge is 0.353 e. The first-order chi connectivity index (χ1) is 8.50. The maximum absolute atomic E-state index is 11.5. The Balaban J connectivity index is 2.33. The van der Waals surface area contributed by atoms with Gasteiger partial charge in [-0.3, -0.25) is 14.9 Å². The minimum absolute atomic E-state index is 0.113. The molecule has 1 fully saturated rings. The number of aromatic nitrogens is 1. The quantitative estimate of drug-likeness (QED) is 0.639. The van der Waals surface area contributed by atoms with Crippen LogP contribution >= 0.6 is 11.6 Å². The van der Waals surface area contributed by atoms with Crippen LogP contribution in [0.3, 0.4) is 0 Å². The standard InChI is InChI=1S/C10H11ClN4O3/c1-6-10(16)12-2-3-14(6)9-8(11)4-7(5-13-9)15(17)18/h4-6H,2-3H2,1H3,(H,12,16). The number of carbonyl (C=O) groups is 1. The molecule has 0 aliphatic carbocycles. The van der Waals surface area contributed by atoms with E-state index in [4.69, 9.17) is 11.6 Å². The molecule has 1 aliphatic heterocycles. The van der Waals surface area contributed by atoms with Crippen molar-refractivity contribution in [1.29, 1.82) is 0 Å². The molecule has 2 heterocycles. The third-order valence-electron chi connectivity index (χ3n) is 2.79. The van der Waals surface area contributed by atoms with Gasteiger partial charge in [-0.25, -0.2) is 4.98 Å². The zero-order valence-corrected chi connectivity index (χ0v) is 10.3. The van der Waals surface area contributed by atoms with Crippen molar-refractivity contribution in [2.75, 3.05) is 18.0 Å². The number of halogens is 1. The van der Waals surface area contributed by atoms with E-state index in [0.717, 1.165) is 6.20 Å². The van der Waals surface area contributed by atoms with E-state index in [1.54, 1.807) is 11.8 Å². The van der Waals surface area contributed by atoms with Crippen LogP contribution in [0, 0.1) is 10.1 Å². The molecule has 1 saturated heterocycles. The van der Waals surface area contributed by atoms with Gasteiger partial charge < -0.3 is 10.2 Å². The summed E-state index contributed by atoms with van der Waals surface area (Å²) in [6, 6.07) is 0.841. The Morgan fingerprint density at radius 3 is 3.00 bits per heavy atom. The summed E-state index contributed by atoms with van der Waals surface area (Å²) in [6.07, 6.45) is 1.14. The van der Waals surface area contributed by atoms with Crippen LogP contribution < -0.4 is 10.2 Å². The fourth-order valence-corrected chi connectivity index (χ4v) is 2.07. The highest BCUT2D eigenvalue weighted by Crippen LogP contribution is 2.28. The van der Waals surface area contributed by atoms with Gasteiger partial charge in [0.2, 0.25) is 5.91 Å². The second-order valence-corrected chi connectivity index (χ2v) is 4.32. The Labute approximate surface area is 108 Å². The van der Waals surface area contributed by atoms with Gasteiger partial charge in [0.05, 0.1) is 9.95 Å².